The van der Waals surface area contributed by atoms with Crippen molar-refractivity contribution in [1.29, 1.82) is 0 Å². The van der Waals surface area contributed by atoms with Crippen LogP contribution in [0.3, 0.4) is 0 Å². The summed E-state index contributed by atoms with van der Waals surface area (Å²) >= 11 is 0. The third-order valence-corrected chi connectivity index (χ3v) is 7.57. The van der Waals surface area contributed by atoms with Gasteiger partial charge in [0.05, 0.1) is 10.6 Å². The van der Waals surface area contributed by atoms with Crippen molar-refractivity contribution in [3.05, 3.63) is 78.8 Å². The number of allylic oxidation sites excluding steroid dienone is 2. The Morgan fingerprint density at radius 1 is 1.06 bits per heavy atom. The second-order valence-electron chi connectivity index (χ2n) is 7.90. The van der Waals surface area contributed by atoms with Gasteiger partial charge in [0, 0.05) is 30.0 Å². The zero-order valence-corrected chi connectivity index (χ0v) is 18.2. The molecule has 2 aromatic carbocycles. The van der Waals surface area contributed by atoms with Crippen molar-refractivity contribution in [2.45, 2.75) is 30.7 Å². The van der Waals surface area contributed by atoms with Crippen molar-refractivity contribution in [2.75, 3.05) is 17.2 Å². The van der Waals surface area contributed by atoms with E-state index in [1.807, 2.05) is 18.5 Å². The van der Waals surface area contributed by atoms with Gasteiger partial charge < -0.3 is 9.47 Å². The Morgan fingerprint density at radius 2 is 1.87 bits per heavy atom. The second kappa shape index (κ2) is 7.81. The molecule has 0 spiro atoms. The summed E-state index contributed by atoms with van der Waals surface area (Å²) in [6.07, 6.45) is 10.5. The topological polar surface area (TPSA) is 68.1 Å². The molecule has 1 aromatic heterocycles. The lowest BCUT2D eigenvalue weighted by molar-refractivity contribution is 0.597. The molecule has 6 nitrogen and oxygen atoms in total. The predicted octanol–water partition coefficient (Wildman–Crippen LogP) is 4.49. The Morgan fingerprint density at radius 3 is 2.55 bits per heavy atom. The van der Waals surface area contributed by atoms with Gasteiger partial charge in [-0.25, -0.2) is 8.42 Å². The van der Waals surface area contributed by atoms with Gasteiger partial charge in [0.15, 0.2) is 15.7 Å². The molecule has 31 heavy (non-hydrogen) atoms. The van der Waals surface area contributed by atoms with E-state index in [0.29, 0.717) is 10.9 Å². The lowest BCUT2D eigenvalue weighted by atomic mass is 10.0. The Labute approximate surface area is 182 Å². The van der Waals surface area contributed by atoms with Gasteiger partial charge in [0.2, 0.25) is 0 Å². The first-order valence-electron chi connectivity index (χ1n) is 10.5. The Hall–Kier alpha value is -3.19. The smallest absolute Gasteiger partial charge is 0.178 e. The van der Waals surface area contributed by atoms with E-state index in [1.54, 1.807) is 19.1 Å². The van der Waals surface area contributed by atoms with E-state index in [9.17, 15) is 8.42 Å². The van der Waals surface area contributed by atoms with Crippen LogP contribution in [0.15, 0.2) is 78.1 Å². The van der Waals surface area contributed by atoms with Crippen molar-refractivity contribution < 1.29 is 8.42 Å². The number of nitrogens with zero attached hydrogens (tertiary/aromatic N) is 4. The van der Waals surface area contributed by atoms with Crippen LogP contribution in [0.5, 0.6) is 0 Å². The van der Waals surface area contributed by atoms with E-state index < -0.39 is 9.84 Å². The minimum Gasteiger partial charge on any atom is -0.344 e. The highest BCUT2D eigenvalue weighted by atomic mass is 32.2. The molecule has 0 unspecified atom stereocenters. The Bertz CT molecular complexity index is 1270. The lowest BCUT2D eigenvalue weighted by Gasteiger charge is -2.23. The number of sulfone groups is 1. The van der Waals surface area contributed by atoms with Crippen molar-refractivity contribution >= 4 is 21.1 Å². The Balaban J connectivity index is 1.34. The number of hydrogen-bond acceptors (Lipinski definition) is 5. The fourth-order valence-corrected chi connectivity index (χ4v) is 4.70. The highest BCUT2D eigenvalue weighted by Crippen LogP contribution is 2.38. The van der Waals surface area contributed by atoms with Crippen LogP contribution in [0, 0.1) is 0 Å². The zero-order valence-electron chi connectivity index (χ0n) is 17.3. The van der Waals surface area contributed by atoms with Gasteiger partial charge >= 0.3 is 0 Å². The first kappa shape index (κ1) is 19.8. The number of hydrogen-bond donors (Lipinski definition) is 0. The van der Waals surface area contributed by atoms with Crippen molar-refractivity contribution in [3.8, 4) is 11.4 Å². The summed E-state index contributed by atoms with van der Waals surface area (Å²) in [5.74, 6) is 1.03. The molecule has 0 saturated heterocycles. The first-order valence-corrected chi connectivity index (χ1v) is 12.2. The van der Waals surface area contributed by atoms with E-state index in [1.165, 1.54) is 12.8 Å². The van der Waals surface area contributed by atoms with E-state index in [2.05, 4.69) is 62.3 Å². The molecule has 7 heteroatoms. The van der Waals surface area contributed by atoms with Crippen LogP contribution >= 0.6 is 0 Å². The molecule has 1 aliphatic heterocycles. The minimum atomic E-state index is -3.17. The third kappa shape index (κ3) is 3.93. The minimum absolute atomic E-state index is 0.111. The molecule has 2 aliphatic rings. The second-order valence-corrected chi connectivity index (χ2v) is 10.2. The molecule has 2 heterocycles. The summed E-state index contributed by atoms with van der Waals surface area (Å²) in [7, 11) is -3.17. The molecule has 1 aliphatic carbocycles. The van der Waals surface area contributed by atoms with Crippen molar-refractivity contribution in [2.24, 2.45) is 0 Å². The molecule has 0 N–H and O–H groups in total. The maximum atomic E-state index is 12.0. The van der Waals surface area contributed by atoms with E-state index in [4.69, 9.17) is 0 Å². The maximum Gasteiger partial charge on any atom is 0.178 e. The molecule has 0 amide bonds. The SMILES string of the molecule is CCS(=O)(=O)c1ccc(C2=CCN(c3cccc(-c4nncn4C4CC4)c3)C=C2)cc1. The average Bonchev–Trinajstić information content (AvgIpc) is 3.55. The molecule has 0 atom stereocenters. The normalized spacial score (nSPS) is 16.4. The average molecular weight is 433 g/mol. The summed E-state index contributed by atoms with van der Waals surface area (Å²) in [6, 6.07) is 16.0. The summed E-state index contributed by atoms with van der Waals surface area (Å²) < 4.78 is 26.2. The van der Waals surface area contributed by atoms with Gasteiger partial charge in [-0.05, 0) is 54.3 Å². The van der Waals surface area contributed by atoms with E-state index >= 15 is 0 Å². The molecular formula is C24H24N4O2S. The van der Waals surface area contributed by atoms with Crippen LogP contribution in [0.25, 0.3) is 17.0 Å². The van der Waals surface area contributed by atoms with Crippen LogP contribution in [0.4, 0.5) is 5.69 Å². The van der Waals surface area contributed by atoms with Crippen molar-refractivity contribution in [1.82, 2.24) is 14.8 Å². The fraction of sp³-hybridized carbons (Fsp3) is 0.250. The maximum absolute atomic E-state index is 12.0. The van der Waals surface area contributed by atoms with Gasteiger partial charge in [-0.3, -0.25) is 0 Å². The molecule has 1 fully saturated rings. The monoisotopic (exact) mass is 432 g/mol. The number of rotatable bonds is 6. The lowest BCUT2D eigenvalue weighted by Crippen LogP contribution is -2.18. The molecule has 158 valence electrons. The standard InChI is InChI=1S/C24H24N4O2S/c1-2-31(29,30)23-10-6-18(7-11-23)19-12-14-27(15-13-19)22-5-3-4-20(16-22)24-26-25-17-28(24)21-8-9-21/h3-7,10-14,16-17,21H,2,8-9,15H2,1H3. The third-order valence-electron chi connectivity index (χ3n) is 5.82. The van der Waals surface area contributed by atoms with Gasteiger partial charge in [-0.2, -0.15) is 0 Å². The van der Waals surface area contributed by atoms with Crippen LogP contribution in [-0.4, -0.2) is 35.5 Å². The van der Waals surface area contributed by atoms with Gasteiger partial charge in [-0.15, -0.1) is 10.2 Å². The Kier molecular flexibility index (Phi) is 4.98. The van der Waals surface area contributed by atoms with Crippen LogP contribution in [0.2, 0.25) is 0 Å². The van der Waals surface area contributed by atoms with Crippen molar-refractivity contribution in [3.63, 3.8) is 0 Å². The van der Waals surface area contributed by atoms with Gasteiger partial charge in [0.1, 0.15) is 6.33 Å². The number of benzene rings is 2. The molecule has 5 rings (SSSR count). The quantitative estimate of drug-likeness (QED) is 0.574. The summed E-state index contributed by atoms with van der Waals surface area (Å²) in [5, 5.41) is 8.45. The van der Waals surface area contributed by atoms with E-state index in [0.717, 1.165) is 34.8 Å². The van der Waals surface area contributed by atoms with E-state index in [-0.39, 0.29) is 5.75 Å². The van der Waals surface area contributed by atoms with Crippen LogP contribution in [0.1, 0.15) is 31.4 Å². The summed E-state index contributed by atoms with van der Waals surface area (Å²) in [4.78, 5) is 2.55. The van der Waals surface area contributed by atoms with Gasteiger partial charge in [0.25, 0.3) is 0 Å². The largest absolute Gasteiger partial charge is 0.344 e. The summed E-state index contributed by atoms with van der Waals surface area (Å²) in [6.45, 7) is 2.40. The summed E-state index contributed by atoms with van der Waals surface area (Å²) in [5.41, 5.74) is 4.26. The zero-order chi connectivity index (χ0) is 21.4. The fourth-order valence-electron chi connectivity index (χ4n) is 3.82. The number of aromatic nitrogens is 3. The highest BCUT2D eigenvalue weighted by molar-refractivity contribution is 7.91. The molecule has 1 saturated carbocycles. The molecule has 0 radical (unpaired) electrons. The first-order chi connectivity index (χ1) is 15.0. The molecule has 3 aromatic rings. The van der Waals surface area contributed by atoms with Crippen LogP contribution < -0.4 is 4.90 Å². The highest BCUT2D eigenvalue weighted by Gasteiger charge is 2.26. The number of anilines is 1. The molecule has 0 bridgehead atoms. The predicted molar refractivity (Wildman–Crippen MR) is 122 cm³/mol. The molecular weight excluding hydrogens is 408 g/mol. The van der Waals surface area contributed by atoms with Gasteiger partial charge in [-0.1, -0.05) is 37.3 Å². The van der Waals surface area contributed by atoms with Crippen LogP contribution in [-0.2, 0) is 9.84 Å².